The van der Waals surface area contributed by atoms with Crippen molar-refractivity contribution in [3.8, 4) is 11.6 Å². The van der Waals surface area contributed by atoms with E-state index in [9.17, 15) is 29.1 Å². The predicted molar refractivity (Wildman–Crippen MR) is 149 cm³/mol. The normalized spacial score (nSPS) is 13.7. The second-order valence-corrected chi connectivity index (χ2v) is 9.44. The number of ether oxygens (including phenoxy) is 2. The minimum atomic E-state index is -1.17. The van der Waals surface area contributed by atoms with E-state index < -0.39 is 35.9 Å². The van der Waals surface area contributed by atoms with Crippen molar-refractivity contribution in [2.45, 2.75) is 25.8 Å². The van der Waals surface area contributed by atoms with E-state index in [2.05, 4.69) is 10.3 Å². The number of rotatable bonds is 10. The van der Waals surface area contributed by atoms with E-state index in [1.54, 1.807) is 37.3 Å². The van der Waals surface area contributed by atoms with E-state index in [0.717, 1.165) is 0 Å². The Labute approximate surface area is 240 Å². The third-order valence-electron chi connectivity index (χ3n) is 6.62. The highest BCUT2D eigenvalue weighted by atomic mass is 16.6. The molecule has 0 bridgehead atoms. The van der Waals surface area contributed by atoms with Gasteiger partial charge in [0.05, 0.1) is 17.7 Å². The Hall–Kier alpha value is -5.20. The van der Waals surface area contributed by atoms with Gasteiger partial charge in [-0.3, -0.25) is 14.4 Å². The number of hydrogen-bond donors (Lipinski definition) is 3. The van der Waals surface area contributed by atoms with Crippen LogP contribution in [0.15, 0.2) is 54.6 Å². The van der Waals surface area contributed by atoms with Gasteiger partial charge in [0.25, 0.3) is 5.91 Å². The van der Waals surface area contributed by atoms with Crippen molar-refractivity contribution in [2.75, 3.05) is 32.8 Å². The molecule has 2 heterocycles. The third kappa shape index (κ3) is 7.30. The number of nitrogens with one attached hydrogen (secondary N) is 1. The van der Waals surface area contributed by atoms with Crippen LogP contribution in [0.3, 0.4) is 0 Å². The van der Waals surface area contributed by atoms with E-state index in [4.69, 9.17) is 14.6 Å². The molecule has 0 radical (unpaired) electrons. The number of nitrogens with zero attached hydrogens (tertiary/aromatic N) is 3. The zero-order chi connectivity index (χ0) is 30.2. The van der Waals surface area contributed by atoms with Gasteiger partial charge in [-0.1, -0.05) is 18.2 Å². The number of carbonyl (C=O) groups excluding carboxylic acids is 3. The first-order valence-electron chi connectivity index (χ1n) is 13.3. The van der Waals surface area contributed by atoms with E-state index in [-0.39, 0.29) is 68.4 Å². The number of piperazine rings is 1. The first kappa shape index (κ1) is 29.8. The van der Waals surface area contributed by atoms with Crippen LogP contribution in [0.2, 0.25) is 0 Å². The maximum Gasteiger partial charge on any atom is 0.409 e. The van der Waals surface area contributed by atoms with Crippen LogP contribution < -0.4 is 10.1 Å². The number of fused-ring (bicyclic) bond motifs is 1. The van der Waals surface area contributed by atoms with Crippen molar-refractivity contribution in [1.82, 2.24) is 20.1 Å². The van der Waals surface area contributed by atoms with Gasteiger partial charge in [-0.15, -0.1) is 0 Å². The standard InChI is InChI=1S/C29H30N4O9/c1-2-41-29(40)33-15-13-32(14-16-33)27(37)23(11-12-24(34)35)30-25(36)21-17-19-5-3-4-6-22(19)31-26(21)42-20-9-7-18(8-10-20)28(38)39/h3-10,17,23H,2,11-16H2,1H3,(H,30,36)(H,34,35)(H,38,39). The molecule has 13 nitrogen and oxygen atoms in total. The zero-order valence-electron chi connectivity index (χ0n) is 22.8. The summed E-state index contributed by atoms with van der Waals surface area (Å²) in [7, 11) is 0. The number of aliphatic carboxylic acids is 1. The number of amides is 3. The molecule has 1 aliphatic rings. The monoisotopic (exact) mass is 578 g/mol. The minimum absolute atomic E-state index is 0.00346. The van der Waals surface area contributed by atoms with Crippen molar-refractivity contribution in [2.24, 2.45) is 0 Å². The SMILES string of the molecule is CCOC(=O)N1CCN(C(=O)C(CCC(=O)O)NC(=O)c2cc3ccccc3nc2Oc2ccc(C(=O)O)cc2)CC1. The summed E-state index contributed by atoms with van der Waals surface area (Å²) in [5.41, 5.74) is 0.579. The van der Waals surface area contributed by atoms with E-state index in [1.165, 1.54) is 34.1 Å². The van der Waals surface area contributed by atoms with Crippen molar-refractivity contribution in [3.63, 3.8) is 0 Å². The van der Waals surface area contributed by atoms with E-state index >= 15 is 0 Å². The van der Waals surface area contributed by atoms with Crippen molar-refractivity contribution in [1.29, 1.82) is 0 Å². The van der Waals surface area contributed by atoms with Gasteiger partial charge in [0.15, 0.2) is 0 Å². The van der Waals surface area contributed by atoms with Gasteiger partial charge in [-0.25, -0.2) is 14.6 Å². The fourth-order valence-electron chi connectivity index (χ4n) is 4.42. The van der Waals surface area contributed by atoms with Crippen molar-refractivity contribution >= 4 is 40.7 Å². The molecule has 13 heteroatoms. The summed E-state index contributed by atoms with van der Waals surface area (Å²) in [6, 6.07) is 12.9. The van der Waals surface area contributed by atoms with Gasteiger partial charge < -0.3 is 34.8 Å². The number of para-hydroxylation sites is 1. The lowest BCUT2D eigenvalue weighted by Crippen LogP contribution is -2.56. The van der Waals surface area contributed by atoms with E-state index in [1.807, 2.05) is 0 Å². The second kappa shape index (κ2) is 13.4. The van der Waals surface area contributed by atoms with Crippen LogP contribution in [-0.2, 0) is 14.3 Å². The number of hydrogen-bond acceptors (Lipinski definition) is 8. The number of carbonyl (C=O) groups is 5. The van der Waals surface area contributed by atoms with Gasteiger partial charge in [0.1, 0.15) is 17.4 Å². The number of benzene rings is 2. The van der Waals surface area contributed by atoms with Crippen molar-refractivity contribution < 1.29 is 43.7 Å². The molecule has 2 aromatic carbocycles. The second-order valence-electron chi connectivity index (χ2n) is 9.44. The van der Waals surface area contributed by atoms with Crippen molar-refractivity contribution in [3.05, 3.63) is 65.7 Å². The Morgan fingerprint density at radius 2 is 1.62 bits per heavy atom. The first-order chi connectivity index (χ1) is 20.2. The molecule has 42 heavy (non-hydrogen) atoms. The highest BCUT2D eigenvalue weighted by molar-refractivity contribution is 6.02. The van der Waals surface area contributed by atoms with Crippen LogP contribution in [0.1, 0.15) is 40.5 Å². The largest absolute Gasteiger partial charge is 0.481 e. The number of aromatic carboxylic acids is 1. The number of carboxylic acid groups (broad SMARTS) is 2. The lowest BCUT2D eigenvalue weighted by Gasteiger charge is -2.36. The predicted octanol–water partition coefficient (Wildman–Crippen LogP) is 2.99. The molecule has 1 atom stereocenters. The lowest BCUT2D eigenvalue weighted by atomic mass is 10.1. The average molecular weight is 579 g/mol. The summed E-state index contributed by atoms with van der Waals surface area (Å²) in [5, 5.41) is 21.7. The molecule has 1 aliphatic heterocycles. The van der Waals surface area contributed by atoms with Gasteiger partial charge >= 0.3 is 18.0 Å². The number of carboxylic acids is 2. The summed E-state index contributed by atoms with van der Waals surface area (Å²) < 4.78 is 10.9. The van der Waals surface area contributed by atoms with E-state index in [0.29, 0.717) is 10.9 Å². The fraction of sp³-hybridized carbons (Fsp3) is 0.310. The summed E-state index contributed by atoms with van der Waals surface area (Å²) in [5.74, 6) is -3.27. The zero-order valence-corrected chi connectivity index (χ0v) is 22.8. The molecule has 3 amide bonds. The molecule has 0 aliphatic carbocycles. The van der Waals surface area contributed by atoms with Gasteiger partial charge in [-0.05, 0) is 49.7 Å². The summed E-state index contributed by atoms with van der Waals surface area (Å²) >= 11 is 0. The Morgan fingerprint density at radius 1 is 0.952 bits per heavy atom. The molecule has 1 aromatic heterocycles. The average Bonchev–Trinajstić information content (AvgIpc) is 2.98. The molecule has 0 spiro atoms. The highest BCUT2D eigenvalue weighted by Crippen LogP contribution is 2.28. The fourth-order valence-corrected chi connectivity index (χ4v) is 4.42. The smallest absolute Gasteiger partial charge is 0.409 e. The molecule has 220 valence electrons. The molecule has 4 rings (SSSR count). The Bertz CT molecular complexity index is 1480. The highest BCUT2D eigenvalue weighted by Gasteiger charge is 2.31. The molecule has 1 fully saturated rings. The molecule has 3 aromatic rings. The quantitative estimate of drug-likeness (QED) is 0.324. The van der Waals surface area contributed by atoms with Crippen LogP contribution in [0, 0.1) is 0 Å². The van der Waals surface area contributed by atoms with Crippen LogP contribution >= 0.6 is 0 Å². The topological polar surface area (TPSA) is 176 Å². The van der Waals surface area contributed by atoms with Gasteiger partial charge in [0.2, 0.25) is 11.8 Å². The van der Waals surface area contributed by atoms with Crippen LogP contribution in [0.4, 0.5) is 4.79 Å². The molecular formula is C29H30N4O9. The number of aromatic nitrogens is 1. The first-order valence-corrected chi connectivity index (χ1v) is 13.3. The maximum absolute atomic E-state index is 13.6. The maximum atomic E-state index is 13.6. The Balaban J connectivity index is 1.57. The van der Waals surface area contributed by atoms with Gasteiger partial charge in [-0.2, -0.15) is 0 Å². The summed E-state index contributed by atoms with van der Waals surface area (Å²) in [4.78, 5) is 69.0. The summed E-state index contributed by atoms with van der Waals surface area (Å²) in [6.45, 7) is 2.77. The molecule has 0 saturated carbocycles. The number of pyridine rings is 1. The molecular weight excluding hydrogens is 548 g/mol. The molecule has 3 N–H and O–H groups in total. The van der Waals surface area contributed by atoms with Crippen LogP contribution in [0.25, 0.3) is 10.9 Å². The molecule has 1 unspecified atom stereocenters. The van der Waals surface area contributed by atoms with Gasteiger partial charge in [0, 0.05) is 38.0 Å². The third-order valence-corrected chi connectivity index (χ3v) is 6.62. The lowest BCUT2D eigenvalue weighted by molar-refractivity contribution is -0.138. The van der Waals surface area contributed by atoms with Crippen LogP contribution in [0.5, 0.6) is 11.6 Å². The minimum Gasteiger partial charge on any atom is -0.481 e. The van der Waals surface area contributed by atoms with Crippen LogP contribution in [-0.4, -0.2) is 93.7 Å². The summed E-state index contributed by atoms with van der Waals surface area (Å²) in [6.07, 6.45) is -1.00. The molecule has 1 saturated heterocycles. The Morgan fingerprint density at radius 3 is 2.26 bits per heavy atom. The Kier molecular flexibility index (Phi) is 9.53.